The highest BCUT2D eigenvalue weighted by Gasteiger charge is 2.30. The number of benzene rings is 2. The second-order valence-corrected chi connectivity index (χ2v) is 9.29. The van der Waals surface area contributed by atoms with E-state index in [4.69, 9.17) is 4.74 Å². The van der Waals surface area contributed by atoms with Crippen LogP contribution < -0.4 is 4.74 Å². The lowest BCUT2D eigenvalue weighted by Crippen LogP contribution is -2.55. The van der Waals surface area contributed by atoms with Crippen molar-refractivity contribution in [2.45, 2.75) is 38.3 Å². The number of carbonyl (C=O) groups excluding carboxylic acids is 1. The third-order valence-electron chi connectivity index (χ3n) is 7.39. The molecule has 0 bridgehead atoms. The molecule has 1 saturated heterocycles. The molecule has 1 amide bonds. The minimum Gasteiger partial charge on any atom is -0.496 e. The molecular formula is C26H32FN3O2. The molecule has 2 aliphatic heterocycles. The highest BCUT2D eigenvalue weighted by atomic mass is 19.1. The summed E-state index contributed by atoms with van der Waals surface area (Å²) in [5.74, 6) is 0.659. The SMILES string of the molecule is COc1ccc(F)cc1-c1ccc2c(c1)CCN(CC(=O)N1CCN(C3CCC3)CC1)C2. The van der Waals surface area contributed by atoms with E-state index in [0.29, 0.717) is 12.3 Å². The number of rotatable bonds is 5. The fraction of sp³-hybridized carbons (Fsp3) is 0.500. The molecule has 0 atom stereocenters. The number of hydrogen-bond acceptors (Lipinski definition) is 4. The van der Waals surface area contributed by atoms with Gasteiger partial charge in [-0.05, 0) is 54.2 Å². The van der Waals surface area contributed by atoms with Gasteiger partial charge >= 0.3 is 0 Å². The van der Waals surface area contributed by atoms with E-state index in [2.05, 4.69) is 21.9 Å². The van der Waals surface area contributed by atoms with Crippen LogP contribution in [-0.2, 0) is 17.8 Å². The van der Waals surface area contributed by atoms with Crippen molar-refractivity contribution in [2.75, 3.05) is 46.4 Å². The highest BCUT2D eigenvalue weighted by molar-refractivity contribution is 5.78. The molecule has 0 radical (unpaired) electrons. The van der Waals surface area contributed by atoms with Gasteiger partial charge in [0, 0.05) is 50.9 Å². The fourth-order valence-electron chi connectivity index (χ4n) is 5.20. The van der Waals surface area contributed by atoms with Crippen molar-refractivity contribution >= 4 is 5.91 Å². The van der Waals surface area contributed by atoms with Crippen LogP contribution in [0.25, 0.3) is 11.1 Å². The average Bonchev–Trinajstić information content (AvgIpc) is 2.78. The molecule has 3 aliphatic rings. The van der Waals surface area contributed by atoms with E-state index in [0.717, 1.165) is 62.9 Å². The van der Waals surface area contributed by atoms with Crippen molar-refractivity contribution in [1.82, 2.24) is 14.7 Å². The molecule has 6 heteroatoms. The Hall–Kier alpha value is -2.44. The van der Waals surface area contributed by atoms with Gasteiger partial charge < -0.3 is 9.64 Å². The minimum atomic E-state index is -0.267. The first kappa shape index (κ1) is 21.4. The van der Waals surface area contributed by atoms with E-state index in [-0.39, 0.29) is 11.7 Å². The van der Waals surface area contributed by atoms with Crippen molar-refractivity contribution in [1.29, 1.82) is 0 Å². The van der Waals surface area contributed by atoms with Crippen LogP contribution in [0.15, 0.2) is 36.4 Å². The standard InChI is InChI=1S/C26H32FN3O2/c1-32-25-8-7-22(27)16-24(25)20-5-6-21-17-28(10-9-19(21)15-20)18-26(31)30-13-11-29(12-14-30)23-3-2-4-23/h5-8,15-16,23H,2-4,9-14,17-18H2,1H3. The summed E-state index contributed by atoms with van der Waals surface area (Å²) in [4.78, 5) is 19.8. The zero-order valence-corrected chi connectivity index (χ0v) is 18.9. The number of hydrogen-bond donors (Lipinski definition) is 0. The Bertz CT molecular complexity index is 983. The van der Waals surface area contributed by atoms with Gasteiger partial charge in [-0.1, -0.05) is 24.6 Å². The summed E-state index contributed by atoms with van der Waals surface area (Å²) in [5, 5.41) is 0. The topological polar surface area (TPSA) is 36.0 Å². The molecule has 5 rings (SSSR count). The Morgan fingerprint density at radius 3 is 2.56 bits per heavy atom. The number of piperazine rings is 1. The molecule has 32 heavy (non-hydrogen) atoms. The van der Waals surface area contributed by atoms with Gasteiger partial charge in [-0.3, -0.25) is 14.6 Å². The summed E-state index contributed by atoms with van der Waals surface area (Å²) in [5.41, 5.74) is 4.26. The van der Waals surface area contributed by atoms with Crippen LogP contribution in [0, 0.1) is 5.82 Å². The molecule has 2 aromatic rings. The van der Waals surface area contributed by atoms with Gasteiger partial charge in [0.2, 0.25) is 5.91 Å². The Morgan fingerprint density at radius 2 is 1.84 bits per heavy atom. The molecule has 0 unspecified atom stereocenters. The first-order valence-corrected chi connectivity index (χ1v) is 11.8. The van der Waals surface area contributed by atoms with Gasteiger partial charge in [-0.15, -0.1) is 0 Å². The summed E-state index contributed by atoms with van der Waals surface area (Å²) in [7, 11) is 1.61. The Kier molecular flexibility index (Phi) is 6.15. The van der Waals surface area contributed by atoms with Crippen LogP contribution in [-0.4, -0.2) is 73.0 Å². The fourth-order valence-corrected chi connectivity index (χ4v) is 5.20. The van der Waals surface area contributed by atoms with Gasteiger partial charge in [0.1, 0.15) is 11.6 Å². The van der Waals surface area contributed by atoms with Crippen LogP contribution >= 0.6 is 0 Å². The molecule has 170 valence electrons. The lowest BCUT2D eigenvalue weighted by atomic mass is 9.91. The maximum Gasteiger partial charge on any atom is 0.236 e. The Balaban J connectivity index is 1.20. The normalized spacial score (nSPS) is 20.0. The van der Waals surface area contributed by atoms with Gasteiger partial charge in [-0.2, -0.15) is 0 Å². The quantitative estimate of drug-likeness (QED) is 0.717. The molecule has 1 aliphatic carbocycles. The van der Waals surface area contributed by atoms with Crippen molar-refractivity contribution < 1.29 is 13.9 Å². The van der Waals surface area contributed by atoms with Crippen LogP contribution in [0.5, 0.6) is 5.75 Å². The van der Waals surface area contributed by atoms with E-state index in [1.54, 1.807) is 13.2 Å². The van der Waals surface area contributed by atoms with Crippen molar-refractivity contribution in [3.05, 3.63) is 53.3 Å². The number of nitrogens with zero attached hydrogens (tertiary/aromatic N) is 3. The Morgan fingerprint density at radius 1 is 1.03 bits per heavy atom. The smallest absolute Gasteiger partial charge is 0.236 e. The van der Waals surface area contributed by atoms with Gasteiger partial charge in [0.25, 0.3) is 0 Å². The summed E-state index contributed by atoms with van der Waals surface area (Å²) >= 11 is 0. The van der Waals surface area contributed by atoms with Gasteiger partial charge in [-0.25, -0.2) is 4.39 Å². The predicted octanol–water partition coefficient (Wildman–Crippen LogP) is 3.56. The largest absolute Gasteiger partial charge is 0.496 e. The molecule has 2 fully saturated rings. The zero-order valence-electron chi connectivity index (χ0n) is 18.9. The molecule has 2 heterocycles. The maximum absolute atomic E-state index is 13.8. The number of methoxy groups -OCH3 is 1. The first-order valence-electron chi connectivity index (χ1n) is 11.8. The molecule has 0 aromatic heterocycles. The summed E-state index contributed by atoms with van der Waals surface area (Å²) in [6, 6.07) is 11.7. The third kappa shape index (κ3) is 4.39. The van der Waals surface area contributed by atoms with E-state index in [1.807, 2.05) is 11.0 Å². The number of amides is 1. The highest BCUT2D eigenvalue weighted by Crippen LogP contribution is 2.33. The van der Waals surface area contributed by atoms with Crippen LogP contribution in [0.3, 0.4) is 0 Å². The Labute approximate surface area is 189 Å². The van der Waals surface area contributed by atoms with E-state index in [9.17, 15) is 9.18 Å². The lowest BCUT2D eigenvalue weighted by molar-refractivity contribution is -0.135. The van der Waals surface area contributed by atoms with Crippen LogP contribution in [0.2, 0.25) is 0 Å². The molecule has 5 nitrogen and oxygen atoms in total. The zero-order chi connectivity index (χ0) is 22.1. The lowest BCUT2D eigenvalue weighted by Gasteiger charge is -2.43. The molecule has 2 aromatic carbocycles. The first-order chi connectivity index (χ1) is 15.6. The summed E-state index contributed by atoms with van der Waals surface area (Å²) in [6.45, 7) is 5.89. The maximum atomic E-state index is 13.8. The van der Waals surface area contributed by atoms with E-state index < -0.39 is 0 Å². The number of ether oxygens (including phenoxy) is 1. The average molecular weight is 438 g/mol. The molecular weight excluding hydrogens is 405 g/mol. The predicted molar refractivity (Wildman–Crippen MR) is 123 cm³/mol. The van der Waals surface area contributed by atoms with Crippen molar-refractivity contribution in [2.24, 2.45) is 0 Å². The van der Waals surface area contributed by atoms with Gasteiger partial charge in [0.15, 0.2) is 0 Å². The second-order valence-electron chi connectivity index (χ2n) is 9.29. The minimum absolute atomic E-state index is 0.253. The van der Waals surface area contributed by atoms with Gasteiger partial charge in [0.05, 0.1) is 13.7 Å². The number of carbonyl (C=O) groups is 1. The third-order valence-corrected chi connectivity index (χ3v) is 7.39. The second kappa shape index (κ2) is 9.20. The summed E-state index contributed by atoms with van der Waals surface area (Å²) in [6.07, 6.45) is 4.91. The van der Waals surface area contributed by atoms with E-state index >= 15 is 0 Å². The molecule has 0 N–H and O–H groups in total. The van der Waals surface area contributed by atoms with E-state index in [1.165, 1.54) is 42.5 Å². The van der Waals surface area contributed by atoms with Crippen molar-refractivity contribution in [3.8, 4) is 16.9 Å². The molecule has 0 spiro atoms. The number of fused-ring (bicyclic) bond motifs is 1. The van der Waals surface area contributed by atoms with Crippen LogP contribution in [0.1, 0.15) is 30.4 Å². The number of halogens is 1. The van der Waals surface area contributed by atoms with Crippen molar-refractivity contribution in [3.63, 3.8) is 0 Å². The van der Waals surface area contributed by atoms with Crippen LogP contribution in [0.4, 0.5) is 4.39 Å². The summed E-state index contributed by atoms with van der Waals surface area (Å²) < 4.78 is 19.2. The molecule has 1 saturated carbocycles. The monoisotopic (exact) mass is 437 g/mol.